The molecule has 0 saturated carbocycles. The lowest BCUT2D eigenvalue weighted by Gasteiger charge is -2.30. The number of benzene rings is 1. The summed E-state index contributed by atoms with van der Waals surface area (Å²) in [5, 5.41) is 6.72. The van der Waals surface area contributed by atoms with Crippen LogP contribution in [0, 0.1) is 3.57 Å². The van der Waals surface area contributed by atoms with E-state index in [1.54, 1.807) is 6.92 Å². The fourth-order valence-electron chi connectivity index (χ4n) is 2.78. The number of allylic oxidation sites excluding steroid dienone is 1. The number of halogens is 1. The van der Waals surface area contributed by atoms with Gasteiger partial charge in [-0.05, 0) is 87.1 Å². The molecule has 25 heavy (non-hydrogen) atoms. The zero-order chi connectivity index (χ0) is 18.7. The van der Waals surface area contributed by atoms with Gasteiger partial charge in [-0.15, -0.1) is 0 Å². The molecule has 136 valence electrons. The summed E-state index contributed by atoms with van der Waals surface area (Å²) in [4.78, 5) is 12.2. The summed E-state index contributed by atoms with van der Waals surface area (Å²) < 4.78 is 12.6. The molecule has 1 aliphatic heterocycles. The second kappa shape index (κ2) is 8.35. The first-order valence-corrected chi connectivity index (χ1v) is 9.65. The van der Waals surface area contributed by atoms with E-state index in [-0.39, 0.29) is 17.9 Å². The second-order valence-electron chi connectivity index (χ2n) is 6.06. The highest BCUT2D eigenvalue weighted by Gasteiger charge is 2.29. The van der Waals surface area contributed by atoms with Crippen molar-refractivity contribution in [2.24, 2.45) is 0 Å². The van der Waals surface area contributed by atoms with Gasteiger partial charge in [-0.1, -0.05) is 0 Å². The molecule has 1 heterocycles. The van der Waals surface area contributed by atoms with Crippen LogP contribution in [0.2, 0.25) is 0 Å². The molecule has 1 atom stereocenters. The van der Waals surface area contributed by atoms with Crippen LogP contribution in [0.3, 0.4) is 0 Å². The lowest BCUT2D eigenvalue weighted by Crippen LogP contribution is -2.44. The summed E-state index contributed by atoms with van der Waals surface area (Å²) in [6.07, 6.45) is 0.0399. The van der Waals surface area contributed by atoms with Gasteiger partial charge in [0.05, 0.1) is 22.3 Å². The van der Waals surface area contributed by atoms with Gasteiger partial charge in [0.2, 0.25) is 0 Å². The molecule has 0 radical (unpaired) electrons. The van der Waals surface area contributed by atoms with E-state index in [0.717, 1.165) is 20.6 Å². The third-order valence-corrected chi connectivity index (χ3v) is 4.69. The molecule has 0 bridgehead atoms. The van der Waals surface area contributed by atoms with Gasteiger partial charge in [-0.2, -0.15) is 0 Å². The minimum absolute atomic E-state index is 0.000440. The number of carbonyl (C=O) groups excluding carboxylic acids is 1. The monoisotopic (exact) mass is 474 g/mol. The van der Waals surface area contributed by atoms with Crippen LogP contribution in [0.1, 0.15) is 46.2 Å². The van der Waals surface area contributed by atoms with Crippen molar-refractivity contribution < 1.29 is 14.3 Å². The van der Waals surface area contributed by atoms with E-state index in [4.69, 9.17) is 21.7 Å². The highest BCUT2D eigenvalue weighted by molar-refractivity contribution is 14.1. The molecule has 0 aromatic heterocycles. The van der Waals surface area contributed by atoms with Gasteiger partial charge in [0.25, 0.3) is 0 Å². The van der Waals surface area contributed by atoms with Crippen molar-refractivity contribution in [2.75, 3.05) is 6.61 Å². The summed E-state index contributed by atoms with van der Waals surface area (Å²) in [5.74, 6) is 1.40. The zero-order valence-electron chi connectivity index (χ0n) is 15.0. The van der Waals surface area contributed by atoms with Gasteiger partial charge in [0.15, 0.2) is 22.4 Å². The summed E-state index contributed by atoms with van der Waals surface area (Å²) in [6.45, 7) is 9.84. The van der Waals surface area contributed by atoms with Gasteiger partial charge >= 0.3 is 0 Å². The molecule has 0 amide bonds. The Kier molecular flexibility index (Phi) is 6.67. The molecule has 0 spiro atoms. The standard InChI is InChI=1S/C18H23IN2O3S/c1-6-23-14-8-12(7-13(19)17(14)24-9(2)3)16-15(11(5)22)10(4)20-18(25)21-16/h7-9,16H,6H2,1-5H3,(H2,20,21,25)/t16-/m0/s1. The number of ketones is 1. The Morgan fingerprint density at radius 1 is 1.40 bits per heavy atom. The van der Waals surface area contributed by atoms with Crippen LogP contribution in [0.15, 0.2) is 23.4 Å². The number of carbonyl (C=O) groups is 1. The molecule has 0 saturated heterocycles. The minimum atomic E-state index is -0.313. The summed E-state index contributed by atoms with van der Waals surface area (Å²) in [7, 11) is 0. The van der Waals surface area contributed by atoms with Crippen molar-refractivity contribution >= 4 is 45.7 Å². The third kappa shape index (κ3) is 4.63. The summed E-state index contributed by atoms with van der Waals surface area (Å²) in [5.41, 5.74) is 2.36. The van der Waals surface area contributed by atoms with Crippen LogP contribution in [0.5, 0.6) is 11.5 Å². The van der Waals surface area contributed by atoms with Crippen LogP contribution in [0.4, 0.5) is 0 Å². The van der Waals surface area contributed by atoms with Crippen LogP contribution in [-0.4, -0.2) is 23.6 Å². The first-order chi connectivity index (χ1) is 11.7. The fourth-order valence-corrected chi connectivity index (χ4v) is 3.80. The van der Waals surface area contributed by atoms with Crippen LogP contribution in [0.25, 0.3) is 0 Å². The first-order valence-electron chi connectivity index (χ1n) is 8.16. The number of ether oxygens (including phenoxy) is 2. The maximum absolute atomic E-state index is 12.2. The van der Waals surface area contributed by atoms with Crippen molar-refractivity contribution in [1.82, 2.24) is 10.6 Å². The molecule has 1 aromatic rings. The Morgan fingerprint density at radius 2 is 2.08 bits per heavy atom. The molecule has 7 heteroatoms. The molecule has 0 aliphatic carbocycles. The predicted molar refractivity (Wildman–Crippen MR) is 111 cm³/mol. The minimum Gasteiger partial charge on any atom is -0.490 e. The quantitative estimate of drug-likeness (QED) is 0.483. The Labute approximate surface area is 167 Å². The summed E-state index contributed by atoms with van der Waals surface area (Å²) in [6, 6.07) is 3.61. The van der Waals surface area contributed by atoms with E-state index in [1.807, 2.05) is 39.8 Å². The molecular weight excluding hydrogens is 451 g/mol. The maximum Gasteiger partial charge on any atom is 0.174 e. The number of nitrogens with one attached hydrogen (secondary N) is 2. The van der Waals surface area contributed by atoms with E-state index >= 15 is 0 Å². The Bertz CT molecular complexity index is 731. The molecule has 1 aliphatic rings. The molecule has 2 N–H and O–H groups in total. The van der Waals surface area contributed by atoms with E-state index < -0.39 is 0 Å². The van der Waals surface area contributed by atoms with Crippen molar-refractivity contribution in [2.45, 2.75) is 46.8 Å². The van der Waals surface area contributed by atoms with E-state index in [2.05, 4.69) is 33.2 Å². The summed E-state index contributed by atoms with van der Waals surface area (Å²) >= 11 is 7.51. The Morgan fingerprint density at radius 3 is 2.64 bits per heavy atom. The number of thiocarbonyl (C=S) groups is 1. The number of rotatable bonds is 6. The van der Waals surface area contributed by atoms with Crippen LogP contribution < -0.4 is 20.1 Å². The lowest BCUT2D eigenvalue weighted by molar-refractivity contribution is -0.114. The van der Waals surface area contributed by atoms with Crippen molar-refractivity contribution in [1.29, 1.82) is 0 Å². The Hall–Kier alpha value is -1.35. The number of hydrogen-bond acceptors (Lipinski definition) is 4. The molecule has 0 unspecified atom stereocenters. The van der Waals surface area contributed by atoms with Gasteiger partial charge < -0.3 is 20.1 Å². The average Bonchev–Trinajstić information content (AvgIpc) is 2.49. The highest BCUT2D eigenvalue weighted by Crippen LogP contribution is 2.38. The maximum atomic E-state index is 12.2. The van der Waals surface area contributed by atoms with Crippen molar-refractivity contribution in [3.8, 4) is 11.5 Å². The first kappa shape index (κ1) is 20.0. The number of Topliss-reactive ketones (excluding diaryl/α,β-unsaturated/α-hetero) is 1. The van der Waals surface area contributed by atoms with E-state index in [0.29, 0.717) is 23.0 Å². The number of hydrogen-bond donors (Lipinski definition) is 2. The van der Waals surface area contributed by atoms with E-state index in [1.165, 1.54) is 0 Å². The smallest absolute Gasteiger partial charge is 0.174 e. The van der Waals surface area contributed by atoms with Crippen LogP contribution in [-0.2, 0) is 4.79 Å². The molecule has 2 rings (SSSR count). The molecule has 5 nitrogen and oxygen atoms in total. The molecule has 0 fully saturated rings. The topological polar surface area (TPSA) is 59.6 Å². The SMILES string of the molecule is CCOc1cc([C@@H]2NC(=S)NC(C)=C2C(C)=O)cc(I)c1OC(C)C. The lowest BCUT2D eigenvalue weighted by atomic mass is 9.93. The van der Waals surface area contributed by atoms with Gasteiger partial charge in [-0.3, -0.25) is 4.79 Å². The highest BCUT2D eigenvalue weighted by atomic mass is 127. The predicted octanol–water partition coefficient (Wildman–Crippen LogP) is 3.86. The third-order valence-electron chi connectivity index (χ3n) is 3.67. The largest absolute Gasteiger partial charge is 0.490 e. The normalized spacial score (nSPS) is 17.2. The van der Waals surface area contributed by atoms with Gasteiger partial charge in [0.1, 0.15) is 0 Å². The Balaban J connectivity index is 2.56. The van der Waals surface area contributed by atoms with Gasteiger partial charge in [-0.25, -0.2) is 0 Å². The second-order valence-corrected chi connectivity index (χ2v) is 7.63. The van der Waals surface area contributed by atoms with Crippen LogP contribution >= 0.6 is 34.8 Å². The van der Waals surface area contributed by atoms with Gasteiger partial charge in [0, 0.05) is 11.3 Å². The molecule has 1 aromatic carbocycles. The zero-order valence-corrected chi connectivity index (χ0v) is 18.0. The van der Waals surface area contributed by atoms with Crippen molar-refractivity contribution in [3.63, 3.8) is 0 Å². The van der Waals surface area contributed by atoms with Crippen molar-refractivity contribution in [3.05, 3.63) is 32.5 Å². The molecular formula is C18H23IN2O3S. The average molecular weight is 474 g/mol. The van der Waals surface area contributed by atoms with E-state index in [9.17, 15) is 4.79 Å². The fraction of sp³-hybridized carbons (Fsp3) is 0.444.